The summed E-state index contributed by atoms with van der Waals surface area (Å²) in [5, 5.41) is 2.62. The summed E-state index contributed by atoms with van der Waals surface area (Å²) in [6, 6.07) is -1.86. The van der Waals surface area contributed by atoms with E-state index in [4.69, 9.17) is 9.47 Å². The van der Waals surface area contributed by atoms with Gasteiger partial charge in [-0.05, 0) is 25.8 Å². The maximum absolute atomic E-state index is 14.2. The first-order valence-corrected chi connectivity index (χ1v) is 10.3. The van der Waals surface area contributed by atoms with E-state index in [-0.39, 0.29) is 35.5 Å². The van der Waals surface area contributed by atoms with Crippen molar-refractivity contribution in [3.8, 4) is 22.9 Å². The normalized spacial score (nSPS) is 14.7. The van der Waals surface area contributed by atoms with Crippen molar-refractivity contribution in [3.05, 3.63) is 36.5 Å². The van der Waals surface area contributed by atoms with Crippen LogP contribution in [0.2, 0.25) is 0 Å². The van der Waals surface area contributed by atoms with Gasteiger partial charge in [0.1, 0.15) is 5.75 Å². The number of imidazole rings is 1. The van der Waals surface area contributed by atoms with Crippen molar-refractivity contribution in [2.24, 2.45) is 0 Å². The van der Waals surface area contributed by atoms with E-state index in [2.05, 4.69) is 20.3 Å². The zero-order valence-electron chi connectivity index (χ0n) is 18.3. The number of methoxy groups -OCH3 is 2. The summed E-state index contributed by atoms with van der Waals surface area (Å²) in [5.41, 5.74) is 0.669. The number of fused-ring (bicyclic) bond motifs is 1. The van der Waals surface area contributed by atoms with E-state index >= 15 is 0 Å². The lowest BCUT2D eigenvalue weighted by Gasteiger charge is -2.32. The third-order valence-electron chi connectivity index (χ3n) is 5.33. The number of nitrogens with zero attached hydrogens (tertiary/aromatic N) is 5. The lowest BCUT2D eigenvalue weighted by Crippen LogP contribution is -2.48. The average molecular weight is 464 g/mol. The molecule has 0 spiro atoms. The quantitative estimate of drug-likeness (QED) is 0.574. The van der Waals surface area contributed by atoms with Gasteiger partial charge in [0.15, 0.2) is 11.7 Å². The predicted octanol–water partition coefficient (Wildman–Crippen LogP) is 3.61. The number of rotatable bonds is 7. The Kier molecular flexibility index (Phi) is 6.00. The van der Waals surface area contributed by atoms with Gasteiger partial charge in [-0.1, -0.05) is 0 Å². The first-order valence-electron chi connectivity index (χ1n) is 10.3. The van der Waals surface area contributed by atoms with Gasteiger partial charge < -0.3 is 24.1 Å². The van der Waals surface area contributed by atoms with Crippen molar-refractivity contribution in [2.75, 3.05) is 20.8 Å². The van der Waals surface area contributed by atoms with E-state index < -0.39 is 18.2 Å². The molecule has 176 valence electrons. The Morgan fingerprint density at radius 1 is 1.30 bits per heavy atom. The average Bonchev–Trinajstić information content (AvgIpc) is 3.47. The molecule has 2 amide bonds. The SMILES string of the molecule is CCN(C(=O)NC1CC1)C(c1cc(-c2cn3ccnc3c(OC)n2)c(OC)cn1)C(F)(F)F. The number of halogens is 3. The Hall–Kier alpha value is -3.57. The minimum Gasteiger partial charge on any atom is -0.494 e. The Bertz CT molecular complexity index is 1160. The molecule has 1 N–H and O–H groups in total. The molecule has 1 aliphatic rings. The van der Waals surface area contributed by atoms with E-state index in [1.807, 2.05) is 0 Å². The Morgan fingerprint density at radius 2 is 2.06 bits per heavy atom. The monoisotopic (exact) mass is 464 g/mol. The van der Waals surface area contributed by atoms with Gasteiger partial charge in [-0.25, -0.2) is 14.8 Å². The Balaban J connectivity index is 1.82. The van der Waals surface area contributed by atoms with Crippen LogP contribution in [0.4, 0.5) is 18.0 Å². The molecule has 33 heavy (non-hydrogen) atoms. The van der Waals surface area contributed by atoms with E-state index in [0.717, 1.165) is 17.7 Å². The van der Waals surface area contributed by atoms with Gasteiger partial charge in [-0.3, -0.25) is 4.98 Å². The zero-order chi connectivity index (χ0) is 23.8. The molecule has 1 atom stereocenters. The molecule has 1 unspecified atom stereocenters. The topological polar surface area (TPSA) is 93.9 Å². The van der Waals surface area contributed by atoms with Crippen LogP contribution in [-0.4, -0.2) is 63.3 Å². The molecule has 9 nitrogen and oxygen atoms in total. The largest absolute Gasteiger partial charge is 0.494 e. The summed E-state index contributed by atoms with van der Waals surface area (Å²) >= 11 is 0. The second kappa shape index (κ2) is 8.75. The highest BCUT2D eigenvalue weighted by atomic mass is 19.4. The summed E-state index contributed by atoms with van der Waals surface area (Å²) in [4.78, 5) is 25.9. The Labute approximate surface area is 187 Å². The Morgan fingerprint density at radius 3 is 2.67 bits per heavy atom. The van der Waals surface area contributed by atoms with E-state index in [1.54, 1.807) is 23.0 Å². The van der Waals surface area contributed by atoms with Crippen LogP contribution < -0.4 is 14.8 Å². The molecule has 3 heterocycles. The number of amides is 2. The van der Waals surface area contributed by atoms with Crippen molar-refractivity contribution < 1.29 is 27.4 Å². The van der Waals surface area contributed by atoms with E-state index in [0.29, 0.717) is 11.3 Å². The third kappa shape index (κ3) is 4.50. The summed E-state index contributed by atoms with van der Waals surface area (Å²) in [6.07, 6.45) is 2.78. The second-order valence-electron chi connectivity index (χ2n) is 7.56. The van der Waals surface area contributed by atoms with Gasteiger partial charge in [0, 0.05) is 36.7 Å². The van der Waals surface area contributed by atoms with Gasteiger partial charge >= 0.3 is 12.2 Å². The summed E-state index contributed by atoms with van der Waals surface area (Å²) in [5.74, 6) is 0.420. The van der Waals surface area contributed by atoms with Crippen LogP contribution in [-0.2, 0) is 0 Å². The highest BCUT2D eigenvalue weighted by Crippen LogP contribution is 2.40. The molecule has 12 heteroatoms. The molecular weight excluding hydrogens is 441 g/mol. The highest BCUT2D eigenvalue weighted by molar-refractivity contribution is 5.76. The maximum Gasteiger partial charge on any atom is 0.414 e. The maximum atomic E-state index is 14.2. The third-order valence-corrected chi connectivity index (χ3v) is 5.33. The minimum absolute atomic E-state index is 0.0848. The van der Waals surface area contributed by atoms with Gasteiger partial charge in [0.05, 0.1) is 31.8 Å². The summed E-state index contributed by atoms with van der Waals surface area (Å²) in [7, 11) is 2.81. The molecule has 0 aliphatic heterocycles. The van der Waals surface area contributed by atoms with Gasteiger partial charge in [-0.2, -0.15) is 13.2 Å². The van der Waals surface area contributed by atoms with Crippen LogP contribution in [0.25, 0.3) is 16.9 Å². The second-order valence-corrected chi connectivity index (χ2v) is 7.56. The molecular formula is C21H23F3N6O3. The fraction of sp³-hybridized carbons (Fsp3) is 0.429. The number of carbonyl (C=O) groups is 1. The van der Waals surface area contributed by atoms with Crippen LogP contribution in [0.5, 0.6) is 11.6 Å². The van der Waals surface area contributed by atoms with Crippen molar-refractivity contribution in [3.63, 3.8) is 0 Å². The fourth-order valence-corrected chi connectivity index (χ4v) is 3.57. The van der Waals surface area contributed by atoms with Crippen molar-refractivity contribution in [2.45, 2.75) is 38.0 Å². The smallest absolute Gasteiger partial charge is 0.414 e. The number of urea groups is 1. The zero-order valence-corrected chi connectivity index (χ0v) is 18.3. The van der Waals surface area contributed by atoms with Crippen LogP contribution in [0.3, 0.4) is 0 Å². The summed E-state index contributed by atoms with van der Waals surface area (Å²) < 4.78 is 54.9. The fourth-order valence-electron chi connectivity index (χ4n) is 3.57. The van der Waals surface area contributed by atoms with Crippen LogP contribution >= 0.6 is 0 Å². The van der Waals surface area contributed by atoms with Crippen LogP contribution in [0.15, 0.2) is 30.9 Å². The lowest BCUT2D eigenvalue weighted by atomic mass is 10.1. The molecule has 3 aromatic heterocycles. The first-order chi connectivity index (χ1) is 15.8. The standard InChI is InChI=1S/C21H23F3N6O3/c1-4-30(20(31)27-12-5-6-12)17(21(22,23)24)14-9-13(16(32-2)10-26-14)15-11-29-8-7-25-18(29)19(28-15)33-3/h7-12,17H,4-6H2,1-3H3,(H,27,31). The first kappa shape index (κ1) is 22.6. The van der Waals surface area contributed by atoms with Gasteiger partial charge in [0.2, 0.25) is 0 Å². The number of pyridine rings is 1. The number of hydrogen-bond donors (Lipinski definition) is 1. The number of alkyl halides is 3. The van der Waals surface area contributed by atoms with E-state index in [1.165, 1.54) is 33.4 Å². The molecule has 4 rings (SSSR count). The van der Waals surface area contributed by atoms with Gasteiger partial charge in [0.25, 0.3) is 5.88 Å². The van der Waals surface area contributed by atoms with Crippen molar-refractivity contribution in [1.82, 2.24) is 29.6 Å². The molecule has 0 radical (unpaired) electrons. The molecule has 1 aliphatic carbocycles. The molecule has 0 bridgehead atoms. The predicted molar refractivity (Wildman–Crippen MR) is 112 cm³/mol. The highest BCUT2D eigenvalue weighted by Gasteiger charge is 2.48. The molecule has 0 aromatic carbocycles. The number of nitrogens with one attached hydrogen (secondary N) is 1. The van der Waals surface area contributed by atoms with Crippen molar-refractivity contribution >= 4 is 11.7 Å². The van der Waals surface area contributed by atoms with E-state index in [9.17, 15) is 18.0 Å². The lowest BCUT2D eigenvalue weighted by molar-refractivity contribution is -0.179. The minimum atomic E-state index is -4.75. The molecule has 3 aromatic rings. The number of ether oxygens (including phenoxy) is 2. The number of carbonyl (C=O) groups excluding carboxylic acids is 1. The molecule has 0 saturated heterocycles. The molecule has 1 fully saturated rings. The van der Waals surface area contributed by atoms with Crippen LogP contribution in [0, 0.1) is 0 Å². The van der Waals surface area contributed by atoms with Crippen LogP contribution in [0.1, 0.15) is 31.5 Å². The number of aromatic nitrogens is 4. The van der Waals surface area contributed by atoms with Crippen molar-refractivity contribution in [1.29, 1.82) is 0 Å². The summed E-state index contributed by atoms with van der Waals surface area (Å²) in [6.45, 7) is 1.34. The number of hydrogen-bond acceptors (Lipinski definition) is 6. The molecule has 1 saturated carbocycles. The van der Waals surface area contributed by atoms with Gasteiger partial charge in [-0.15, -0.1) is 0 Å².